The van der Waals surface area contributed by atoms with Crippen molar-refractivity contribution in [1.82, 2.24) is 10.2 Å². The molecule has 1 aromatic heterocycles. The molecule has 0 aliphatic carbocycles. The first-order valence-corrected chi connectivity index (χ1v) is 25.0. The van der Waals surface area contributed by atoms with Crippen LogP contribution in [-0.4, -0.2) is 71.0 Å². The molecule has 1 rings (SSSR count). The Hall–Kier alpha value is -1.86. The fourth-order valence-corrected chi connectivity index (χ4v) is 9.74. The van der Waals surface area contributed by atoms with Gasteiger partial charge in [0.15, 0.2) is 8.68 Å². The molecule has 0 aliphatic rings. The number of aromatic nitrogens is 2. The van der Waals surface area contributed by atoms with Crippen molar-refractivity contribution in [3.8, 4) is 0 Å². The van der Waals surface area contributed by atoms with Crippen LogP contribution in [0.15, 0.2) is 8.68 Å². The highest BCUT2D eigenvalue weighted by Crippen LogP contribution is 2.36. The first kappa shape index (κ1) is 53.2. The number of ether oxygens (including phenoxy) is 4. The van der Waals surface area contributed by atoms with E-state index in [4.69, 9.17) is 18.9 Å². The summed E-state index contributed by atoms with van der Waals surface area (Å²) in [5, 5.41) is 6.91. The molecule has 0 saturated heterocycles. The van der Waals surface area contributed by atoms with E-state index in [1.54, 1.807) is 0 Å². The van der Waals surface area contributed by atoms with Gasteiger partial charge in [0.05, 0.1) is 39.3 Å². The summed E-state index contributed by atoms with van der Waals surface area (Å²) in [4.78, 5) is 53.4. The van der Waals surface area contributed by atoms with Crippen molar-refractivity contribution in [2.45, 2.75) is 203 Å². The quantitative estimate of drug-likeness (QED) is 0.0275. The number of hydrogen-bond donors (Lipinski definition) is 0. The zero-order valence-corrected chi connectivity index (χ0v) is 39.3. The number of thioether (sulfide) groups is 2. The van der Waals surface area contributed by atoms with Crippen LogP contribution in [0.4, 0.5) is 0 Å². The first-order valence-electron chi connectivity index (χ1n) is 22.4. The Balaban J connectivity index is 3.17. The van der Waals surface area contributed by atoms with E-state index in [1.165, 1.54) is 11.3 Å². The summed E-state index contributed by atoms with van der Waals surface area (Å²) >= 11 is 3.46. The topological polar surface area (TPSA) is 131 Å². The first-order chi connectivity index (χ1) is 27.6. The Morgan fingerprint density at radius 3 is 1.11 bits per heavy atom. The molecule has 57 heavy (non-hydrogen) atoms. The van der Waals surface area contributed by atoms with Crippen LogP contribution in [0.5, 0.6) is 0 Å². The maximum absolute atomic E-state index is 13.6. The highest BCUT2D eigenvalue weighted by atomic mass is 32.2. The largest absolute Gasteiger partial charge is 0.465 e. The van der Waals surface area contributed by atoms with Crippen molar-refractivity contribution in [2.75, 3.05) is 26.4 Å². The Labute approximate surface area is 358 Å². The van der Waals surface area contributed by atoms with Crippen LogP contribution in [0.1, 0.15) is 184 Å². The van der Waals surface area contributed by atoms with Crippen molar-refractivity contribution in [3.05, 3.63) is 0 Å². The van der Waals surface area contributed by atoms with Crippen LogP contribution in [0, 0.1) is 23.7 Å². The van der Waals surface area contributed by atoms with E-state index in [0.29, 0.717) is 35.1 Å². The van der Waals surface area contributed by atoms with E-state index >= 15 is 0 Å². The van der Waals surface area contributed by atoms with E-state index in [-0.39, 0.29) is 36.5 Å². The molecule has 0 fully saturated rings. The standard InChI is InChI=1S/C44H78N2O8S3/c1-9-17-21-25-35(15-7)30-52-40(48)28-37(41(49)53-31-34(14-6)24-20-12-4)55-43-45-46-44(57-43)56-38(27-39(47)51-29-33(13-5)23-19-11-3)42(50)54-32-36(16-8)26-22-18-10-2/h33-38H,9-32H2,1-8H3. The highest BCUT2D eigenvalue weighted by Gasteiger charge is 2.31. The van der Waals surface area contributed by atoms with Gasteiger partial charge < -0.3 is 18.9 Å². The predicted molar refractivity (Wildman–Crippen MR) is 235 cm³/mol. The average Bonchev–Trinajstić information content (AvgIpc) is 3.66. The van der Waals surface area contributed by atoms with Crippen molar-refractivity contribution in [3.63, 3.8) is 0 Å². The second kappa shape index (κ2) is 33.9. The minimum Gasteiger partial charge on any atom is -0.465 e. The molecule has 6 atom stereocenters. The molecule has 0 N–H and O–H groups in total. The van der Waals surface area contributed by atoms with E-state index in [1.807, 2.05) is 0 Å². The molecule has 0 spiro atoms. The third-order valence-corrected chi connectivity index (χ3v) is 14.1. The van der Waals surface area contributed by atoms with Gasteiger partial charge in [0.1, 0.15) is 10.5 Å². The van der Waals surface area contributed by atoms with Crippen LogP contribution in [0.2, 0.25) is 0 Å². The van der Waals surface area contributed by atoms with Crippen LogP contribution < -0.4 is 0 Å². The van der Waals surface area contributed by atoms with E-state index in [9.17, 15) is 19.2 Å². The minimum atomic E-state index is -0.874. The van der Waals surface area contributed by atoms with Gasteiger partial charge in [0.2, 0.25) is 0 Å². The molecule has 0 radical (unpaired) electrons. The average molecular weight is 859 g/mol. The van der Waals surface area contributed by atoms with Gasteiger partial charge in [-0.1, -0.05) is 180 Å². The lowest BCUT2D eigenvalue weighted by atomic mass is 10.00. The molecule has 0 amide bonds. The molecule has 1 heterocycles. The number of hydrogen-bond acceptors (Lipinski definition) is 13. The molecular formula is C44H78N2O8S3. The van der Waals surface area contributed by atoms with Crippen molar-refractivity contribution < 1.29 is 38.1 Å². The number of unbranched alkanes of at least 4 members (excludes halogenated alkanes) is 6. The molecule has 0 saturated carbocycles. The maximum atomic E-state index is 13.6. The van der Waals surface area contributed by atoms with Crippen LogP contribution in [-0.2, 0) is 38.1 Å². The second-order valence-electron chi connectivity index (χ2n) is 15.5. The zero-order chi connectivity index (χ0) is 42.3. The summed E-state index contributed by atoms with van der Waals surface area (Å²) in [6.45, 7) is 18.3. The van der Waals surface area contributed by atoms with Gasteiger partial charge in [0, 0.05) is 0 Å². The zero-order valence-electron chi connectivity index (χ0n) is 36.8. The van der Waals surface area contributed by atoms with Crippen molar-refractivity contribution in [2.24, 2.45) is 23.7 Å². The minimum absolute atomic E-state index is 0.155. The lowest BCUT2D eigenvalue weighted by Gasteiger charge is -2.19. The maximum Gasteiger partial charge on any atom is 0.320 e. The van der Waals surface area contributed by atoms with Gasteiger partial charge in [-0.15, -0.1) is 10.2 Å². The van der Waals surface area contributed by atoms with Gasteiger partial charge in [-0.2, -0.15) is 0 Å². The van der Waals surface area contributed by atoms with Crippen molar-refractivity contribution >= 4 is 58.7 Å². The third-order valence-electron chi connectivity index (χ3n) is 10.7. The normalized spacial score (nSPS) is 14.6. The lowest BCUT2D eigenvalue weighted by Crippen LogP contribution is -2.27. The number of carbonyl (C=O) groups excluding carboxylic acids is 4. The predicted octanol–water partition coefficient (Wildman–Crippen LogP) is 12.1. The Kier molecular flexibility index (Phi) is 31.6. The summed E-state index contributed by atoms with van der Waals surface area (Å²) in [6, 6.07) is 0. The highest BCUT2D eigenvalue weighted by molar-refractivity contribution is 8.04. The summed E-state index contributed by atoms with van der Waals surface area (Å²) in [5.41, 5.74) is 0. The molecule has 1 aromatic rings. The molecular weight excluding hydrogens is 781 g/mol. The van der Waals surface area contributed by atoms with E-state index in [0.717, 1.165) is 139 Å². The molecule has 6 unspecified atom stereocenters. The van der Waals surface area contributed by atoms with Gasteiger partial charge in [-0.3, -0.25) is 19.2 Å². The second-order valence-corrected chi connectivity index (χ2v) is 19.3. The Morgan fingerprint density at radius 1 is 0.474 bits per heavy atom. The Morgan fingerprint density at radius 2 is 0.789 bits per heavy atom. The van der Waals surface area contributed by atoms with Gasteiger partial charge >= 0.3 is 23.9 Å². The molecule has 13 heteroatoms. The van der Waals surface area contributed by atoms with Crippen LogP contribution in [0.25, 0.3) is 0 Å². The summed E-state index contributed by atoms with van der Waals surface area (Å²) in [6.07, 6.45) is 18.3. The lowest BCUT2D eigenvalue weighted by molar-refractivity contribution is -0.151. The summed E-state index contributed by atoms with van der Waals surface area (Å²) in [7, 11) is 0. The van der Waals surface area contributed by atoms with Crippen LogP contribution in [0.3, 0.4) is 0 Å². The number of rotatable bonds is 36. The van der Waals surface area contributed by atoms with Gasteiger partial charge in [-0.05, 0) is 49.4 Å². The molecule has 0 aromatic carbocycles. The van der Waals surface area contributed by atoms with Gasteiger partial charge in [0.25, 0.3) is 0 Å². The van der Waals surface area contributed by atoms with Crippen molar-refractivity contribution in [1.29, 1.82) is 0 Å². The molecule has 0 aliphatic heterocycles. The van der Waals surface area contributed by atoms with Crippen LogP contribution >= 0.6 is 34.9 Å². The molecule has 0 bridgehead atoms. The third kappa shape index (κ3) is 24.7. The number of carbonyl (C=O) groups is 4. The smallest absolute Gasteiger partial charge is 0.320 e. The molecule has 330 valence electrons. The summed E-state index contributed by atoms with van der Waals surface area (Å²) in [5.74, 6) is -0.792. The van der Waals surface area contributed by atoms with E-state index < -0.39 is 34.4 Å². The number of nitrogens with zero attached hydrogens (tertiary/aromatic N) is 2. The summed E-state index contributed by atoms with van der Waals surface area (Å²) < 4.78 is 23.9. The van der Waals surface area contributed by atoms with E-state index in [2.05, 4.69) is 65.6 Å². The fraction of sp³-hybridized carbons (Fsp3) is 0.864. The monoisotopic (exact) mass is 858 g/mol. The SMILES string of the molecule is CCCCCC(CC)COC(=O)CC(Sc1nnc(SC(CC(=O)OCC(CC)CCCC)C(=O)OCC(CC)CCCCC)s1)C(=O)OCC(CC)CCCC. The molecule has 10 nitrogen and oxygen atoms in total. The Bertz CT molecular complexity index is 1220. The fourth-order valence-electron chi connectivity index (χ4n) is 6.28. The number of esters is 4. The van der Waals surface area contributed by atoms with Gasteiger partial charge in [-0.25, -0.2) is 0 Å².